The molecule has 0 bridgehead atoms. The number of piperidine rings is 1. The monoisotopic (exact) mass is 293 g/mol. The van der Waals surface area contributed by atoms with Gasteiger partial charge < -0.3 is 14.2 Å². The number of esters is 1. The lowest BCUT2D eigenvalue weighted by atomic mass is 9.98. The van der Waals surface area contributed by atoms with E-state index < -0.39 is 0 Å². The molecule has 0 aromatic heterocycles. The van der Waals surface area contributed by atoms with Crippen molar-refractivity contribution in [2.75, 3.05) is 34.4 Å². The molecule has 5 heteroatoms. The molecule has 0 spiro atoms. The summed E-state index contributed by atoms with van der Waals surface area (Å²) in [5.74, 6) is 1.35. The first kappa shape index (κ1) is 15.6. The normalized spacial score (nSPS) is 19.1. The third kappa shape index (κ3) is 3.88. The summed E-state index contributed by atoms with van der Waals surface area (Å²) < 4.78 is 15.4. The standard InChI is InChI=1S/C16H23NO4/c1-19-14-7-6-12(9-15(14)20-2)10-17-8-4-5-13(11-17)16(18)21-3/h6-7,9,13H,4-5,8,10-11H2,1-3H3. The van der Waals surface area contributed by atoms with Gasteiger partial charge in [-0.2, -0.15) is 0 Å². The van der Waals surface area contributed by atoms with Crippen LogP contribution in [0.5, 0.6) is 11.5 Å². The number of benzene rings is 1. The van der Waals surface area contributed by atoms with Gasteiger partial charge in [-0.3, -0.25) is 9.69 Å². The van der Waals surface area contributed by atoms with E-state index >= 15 is 0 Å². The molecule has 1 saturated heterocycles. The molecule has 1 aromatic rings. The molecule has 2 rings (SSSR count). The molecule has 0 radical (unpaired) electrons. The van der Waals surface area contributed by atoms with Gasteiger partial charge in [-0.15, -0.1) is 0 Å². The van der Waals surface area contributed by atoms with Gasteiger partial charge in [-0.1, -0.05) is 6.07 Å². The molecule has 1 aliphatic heterocycles. The van der Waals surface area contributed by atoms with Crippen molar-refractivity contribution in [3.05, 3.63) is 23.8 Å². The fourth-order valence-electron chi connectivity index (χ4n) is 2.80. The first-order valence-corrected chi connectivity index (χ1v) is 7.19. The predicted octanol–water partition coefficient (Wildman–Crippen LogP) is 2.09. The molecule has 0 saturated carbocycles. The Kier molecular flexibility index (Phi) is 5.44. The number of carbonyl (C=O) groups excluding carboxylic acids is 1. The first-order valence-electron chi connectivity index (χ1n) is 7.19. The summed E-state index contributed by atoms with van der Waals surface area (Å²) >= 11 is 0. The molecule has 1 aliphatic rings. The maximum absolute atomic E-state index is 11.7. The summed E-state index contributed by atoms with van der Waals surface area (Å²) in [5, 5.41) is 0. The SMILES string of the molecule is COC(=O)C1CCCN(Cc2ccc(OC)c(OC)c2)C1. The summed E-state index contributed by atoms with van der Waals surface area (Å²) in [7, 11) is 4.72. The molecular weight excluding hydrogens is 270 g/mol. The van der Waals surface area contributed by atoms with Crippen molar-refractivity contribution >= 4 is 5.97 Å². The smallest absolute Gasteiger partial charge is 0.309 e. The van der Waals surface area contributed by atoms with Crippen LogP contribution >= 0.6 is 0 Å². The quantitative estimate of drug-likeness (QED) is 0.778. The highest BCUT2D eigenvalue weighted by molar-refractivity contribution is 5.72. The zero-order valence-electron chi connectivity index (χ0n) is 12.9. The number of methoxy groups -OCH3 is 3. The van der Waals surface area contributed by atoms with Gasteiger partial charge in [0.25, 0.3) is 0 Å². The van der Waals surface area contributed by atoms with E-state index in [-0.39, 0.29) is 11.9 Å². The summed E-state index contributed by atoms with van der Waals surface area (Å²) in [6.45, 7) is 2.55. The van der Waals surface area contributed by atoms with Gasteiger partial charge in [-0.05, 0) is 37.1 Å². The number of rotatable bonds is 5. The van der Waals surface area contributed by atoms with Gasteiger partial charge in [-0.25, -0.2) is 0 Å². The number of hydrogen-bond donors (Lipinski definition) is 0. The molecular formula is C16H23NO4. The third-order valence-corrected chi connectivity index (χ3v) is 3.89. The Labute approximate surface area is 125 Å². The summed E-state index contributed by atoms with van der Waals surface area (Å²) in [6, 6.07) is 5.93. The number of carbonyl (C=O) groups is 1. The second-order valence-electron chi connectivity index (χ2n) is 5.29. The Morgan fingerprint density at radius 3 is 2.67 bits per heavy atom. The molecule has 0 aliphatic carbocycles. The highest BCUT2D eigenvalue weighted by Crippen LogP contribution is 2.28. The van der Waals surface area contributed by atoms with Gasteiger partial charge in [0.2, 0.25) is 0 Å². The number of ether oxygens (including phenoxy) is 3. The molecule has 5 nitrogen and oxygen atoms in total. The highest BCUT2D eigenvalue weighted by Gasteiger charge is 2.26. The molecule has 116 valence electrons. The Bertz CT molecular complexity index is 489. The van der Waals surface area contributed by atoms with E-state index in [2.05, 4.69) is 4.90 Å². The minimum atomic E-state index is -0.105. The molecule has 1 fully saturated rings. The minimum absolute atomic E-state index is 0.0103. The molecule has 0 amide bonds. The highest BCUT2D eigenvalue weighted by atomic mass is 16.5. The molecule has 1 heterocycles. The molecule has 21 heavy (non-hydrogen) atoms. The average Bonchev–Trinajstić information content (AvgIpc) is 2.54. The van der Waals surface area contributed by atoms with Crippen LogP contribution in [-0.2, 0) is 16.1 Å². The van der Waals surface area contributed by atoms with Crippen molar-refractivity contribution in [2.45, 2.75) is 19.4 Å². The van der Waals surface area contributed by atoms with E-state index in [0.29, 0.717) is 0 Å². The van der Waals surface area contributed by atoms with Gasteiger partial charge in [0.1, 0.15) is 0 Å². The number of nitrogens with zero attached hydrogens (tertiary/aromatic N) is 1. The van der Waals surface area contributed by atoms with Crippen molar-refractivity contribution < 1.29 is 19.0 Å². The lowest BCUT2D eigenvalue weighted by molar-refractivity contribution is -0.147. The van der Waals surface area contributed by atoms with E-state index in [1.165, 1.54) is 7.11 Å². The van der Waals surface area contributed by atoms with Crippen LogP contribution in [-0.4, -0.2) is 45.3 Å². The van der Waals surface area contributed by atoms with Crippen LogP contribution in [0.4, 0.5) is 0 Å². The Morgan fingerprint density at radius 2 is 2.00 bits per heavy atom. The fourth-order valence-corrected chi connectivity index (χ4v) is 2.80. The number of hydrogen-bond acceptors (Lipinski definition) is 5. The zero-order chi connectivity index (χ0) is 15.2. The van der Waals surface area contributed by atoms with Gasteiger partial charge in [0.05, 0.1) is 27.2 Å². The van der Waals surface area contributed by atoms with Crippen LogP contribution in [0.15, 0.2) is 18.2 Å². The Hall–Kier alpha value is -1.75. The average molecular weight is 293 g/mol. The predicted molar refractivity (Wildman–Crippen MR) is 79.6 cm³/mol. The third-order valence-electron chi connectivity index (χ3n) is 3.89. The van der Waals surface area contributed by atoms with Crippen molar-refractivity contribution in [3.8, 4) is 11.5 Å². The molecule has 1 atom stereocenters. The van der Waals surface area contributed by atoms with Crippen molar-refractivity contribution in [2.24, 2.45) is 5.92 Å². The van der Waals surface area contributed by atoms with E-state index in [4.69, 9.17) is 14.2 Å². The van der Waals surface area contributed by atoms with Crippen LogP contribution in [0.1, 0.15) is 18.4 Å². The van der Waals surface area contributed by atoms with Crippen LogP contribution in [0.3, 0.4) is 0 Å². The second-order valence-corrected chi connectivity index (χ2v) is 5.29. The van der Waals surface area contributed by atoms with E-state index in [0.717, 1.165) is 49.5 Å². The Morgan fingerprint density at radius 1 is 1.24 bits per heavy atom. The maximum Gasteiger partial charge on any atom is 0.309 e. The van der Waals surface area contributed by atoms with Crippen LogP contribution in [0.2, 0.25) is 0 Å². The van der Waals surface area contributed by atoms with Crippen molar-refractivity contribution in [1.82, 2.24) is 4.90 Å². The van der Waals surface area contributed by atoms with Crippen LogP contribution < -0.4 is 9.47 Å². The fraction of sp³-hybridized carbons (Fsp3) is 0.562. The first-order chi connectivity index (χ1) is 10.2. The summed E-state index contributed by atoms with van der Waals surface area (Å²) in [5.41, 5.74) is 1.15. The maximum atomic E-state index is 11.7. The van der Waals surface area contributed by atoms with Crippen LogP contribution in [0.25, 0.3) is 0 Å². The van der Waals surface area contributed by atoms with Gasteiger partial charge in [0, 0.05) is 13.1 Å². The summed E-state index contributed by atoms with van der Waals surface area (Å²) in [4.78, 5) is 13.9. The lowest BCUT2D eigenvalue weighted by Crippen LogP contribution is -2.38. The Balaban J connectivity index is 2.02. The lowest BCUT2D eigenvalue weighted by Gasteiger charge is -2.31. The summed E-state index contributed by atoms with van der Waals surface area (Å²) in [6.07, 6.45) is 1.93. The zero-order valence-corrected chi connectivity index (χ0v) is 12.9. The second kappa shape index (κ2) is 7.31. The van der Waals surface area contributed by atoms with Crippen molar-refractivity contribution in [1.29, 1.82) is 0 Å². The van der Waals surface area contributed by atoms with Crippen molar-refractivity contribution in [3.63, 3.8) is 0 Å². The molecule has 1 unspecified atom stereocenters. The topological polar surface area (TPSA) is 48.0 Å². The molecule has 0 N–H and O–H groups in total. The molecule has 1 aromatic carbocycles. The van der Waals surface area contributed by atoms with E-state index in [1.807, 2.05) is 18.2 Å². The minimum Gasteiger partial charge on any atom is -0.493 e. The van der Waals surface area contributed by atoms with E-state index in [9.17, 15) is 4.79 Å². The van der Waals surface area contributed by atoms with Gasteiger partial charge in [0.15, 0.2) is 11.5 Å². The largest absolute Gasteiger partial charge is 0.493 e. The van der Waals surface area contributed by atoms with Gasteiger partial charge >= 0.3 is 5.97 Å². The number of likely N-dealkylation sites (tertiary alicyclic amines) is 1. The van der Waals surface area contributed by atoms with Crippen LogP contribution in [0, 0.1) is 5.92 Å². The van der Waals surface area contributed by atoms with E-state index in [1.54, 1.807) is 14.2 Å².